The molecule has 0 bridgehead atoms. The summed E-state index contributed by atoms with van der Waals surface area (Å²) in [7, 11) is 0. The fourth-order valence-corrected chi connectivity index (χ4v) is 3.29. The zero-order valence-electron chi connectivity index (χ0n) is 14.5. The van der Waals surface area contributed by atoms with E-state index in [0.717, 1.165) is 41.9 Å². The molecular formula is C20H23N3S. The van der Waals surface area contributed by atoms with Crippen molar-refractivity contribution in [2.75, 3.05) is 0 Å². The van der Waals surface area contributed by atoms with E-state index in [1.807, 2.05) is 18.2 Å². The predicted octanol–water partition coefficient (Wildman–Crippen LogP) is 4.29. The van der Waals surface area contributed by atoms with Crippen LogP contribution >= 0.6 is 12.2 Å². The molecule has 0 amide bonds. The standard InChI is InChI=1S/C20H23N3S/c1-4-7-19-22-17-10-13(2)14(3)11-18(17)23(19)12-15-8-5-6-9-16(15)20(21)24/h5-6,8-11H,4,7,12H2,1-3H3,(H2,21,24). The Hall–Kier alpha value is -2.20. The van der Waals surface area contributed by atoms with Gasteiger partial charge >= 0.3 is 0 Å². The molecule has 0 atom stereocenters. The number of nitrogens with zero attached hydrogens (tertiary/aromatic N) is 2. The van der Waals surface area contributed by atoms with E-state index in [4.69, 9.17) is 22.9 Å². The number of aromatic nitrogens is 2. The van der Waals surface area contributed by atoms with Crippen LogP contribution in [-0.4, -0.2) is 14.5 Å². The first-order chi connectivity index (χ1) is 11.5. The van der Waals surface area contributed by atoms with E-state index in [9.17, 15) is 0 Å². The lowest BCUT2D eigenvalue weighted by atomic mass is 10.1. The molecule has 1 heterocycles. The SMILES string of the molecule is CCCc1nc2cc(C)c(C)cc2n1Cc1ccccc1C(N)=S. The number of nitrogens with two attached hydrogens (primary N) is 1. The summed E-state index contributed by atoms with van der Waals surface area (Å²) in [6.07, 6.45) is 2.03. The van der Waals surface area contributed by atoms with Crippen LogP contribution in [0.2, 0.25) is 0 Å². The van der Waals surface area contributed by atoms with Crippen LogP contribution in [0.1, 0.15) is 41.4 Å². The van der Waals surface area contributed by atoms with Crippen molar-refractivity contribution in [1.29, 1.82) is 0 Å². The minimum atomic E-state index is 0.444. The highest BCUT2D eigenvalue weighted by atomic mass is 32.1. The number of imidazole rings is 1. The number of aryl methyl sites for hydroxylation is 3. The Kier molecular flexibility index (Phi) is 4.67. The van der Waals surface area contributed by atoms with Crippen molar-refractivity contribution in [1.82, 2.24) is 9.55 Å². The second-order valence-corrected chi connectivity index (χ2v) is 6.75. The number of fused-ring (bicyclic) bond motifs is 1. The number of rotatable bonds is 5. The Morgan fingerprint density at radius 1 is 1.17 bits per heavy atom. The molecule has 0 saturated heterocycles. The van der Waals surface area contributed by atoms with Gasteiger partial charge in [-0.25, -0.2) is 4.98 Å². The molecule has 24 heavy (non-hydrogen) atoms. The van der Waals surface area contributed by atoms with Gasteiger partial charge in [-0.2, -0.15) is 0 Å². The fourth-order valence-electron chi connectivity index (χ4n) is 3.09. The van der Waals surface area contributed by atoms with Gasteiger partial charge in [0.2, 0.25) is 0 Å². The quantitative estimate of drug-likeness (QED) is 0.706. The van der Waals surface area contributed by atoms with Crippen LogP contribution in [0.5, 0.6) is 0 Å². The molecular weight excluding hydrogens is 314 g/mol. The van der Waals surface area contributed by atoms with Crippen LogP contribution in [0.25, 0.3) is 11.0 Å². The third-order valence-corrected chi connectivity index (χ3v) is 4.75. The van der Waals surface area contributed by atoms with Crippen molar-refractivity contribution in [3.8, 4) is 0 Å². The summed E-state index contributed by atoms with van der Waals surface area (Å²) in [5.74, 6) is 1.12. The molecule has 4 heteroatoms. The van der Waals surface area contributed by atoms with Gasteiger partial charge in [0.1, 0.15) is 10.8 Å². The second kappa shape index (κ2) is 6.73. The van der Waals surface area contributed by atoms with E-state index >= 15 is 0 Å². The number of thiocarbonyl (C=S) groups is 1. The monoisotopic (exact) mass is 337 g/mol. The van der Waals surface area contributed by atoms with Gasteiger partial charge in [0, 0.05) is 12.0 Å². The maximum atomic E-state index is 5.90. The number of hydrogen-bond acceptors (Lipinski definition) is 2. The summed E-state index contributed by atoms with van der Waals surface area (Å²) in [6.45, 7) is 7.20. The van der Waals surface area contributed by atoms with Gasteiger partial charge in [-0.3, -0.25) is 0 Å². The Balaban J connectivity index is 2.16. The third kappa shape index (κ3) is 3.06. The zero-order valence-corrected chi connectivity index (χ0v) is 15.3. The van der Waals surface area contributed by atoms with Crippen molar-refractivity contribution in [2.45, 2.75) is 40.2 Å². The highest BCUT2D eigenvalue weighted by Crippen LogP contribution is 2.23. The summed E-state index contributed by atoms with van der Waals surface area (Å²) in [5.41, 5.74) is 12.8. The van der Waals surface area contributed by atoms with Gasteiger partial charge in [0.05, 0.1) is 17.6 Å². The lowest BCUT2D eigenvalue weighted by Gasteiger charge is -2.13. The van der Waals surface area contributed by atoms with Crippen molar-refractivity contribution in [3.63, 3.8) is 0 Å². The lowest BCUT2D eigenvalue weighted by Crippen LogP contribution is -2.15. The van der Waals surface area contributed by atoms with Crippen LogP contribution in [0.15, 0.2) is 36.4 Å². The van der Waals surface area contributed by atoms with E-state index in [1.54, 1.807) is 0 Å². The molecule has 2 aromatic carbocycles. The average molecular weight is 337 g/mol. The highest BCUT2D eigenvalue weighted by Gasteiger charge is 2.14. The normalized spacial score (nSPS) is 11.1. The largest absolute Gasteiger partial charge is 0.389 e. The first-order valence-corrected chi connectivity index (χ1v) is 8.76. The molecule has 2 N–H and O–H groups in total. The number of hydrogen-bond donors (Lipinski definition) is 1. The third-order valence-electron chi connectivity index (χ3n) is 4.53. The molecule has 124 valence electrons. The second-order valence-electron chi connectivity index (χ2n) is 6.31. The molecule has 0 spiro atoms. The molecule has 0 unspecified atom stereocenters. The molecule has 0 fully saturated rings. The van der Waals surface area contributed by atoms with Gasteiger partial charge in [0.15, 0.2) is 0 Å². The van der Waals surface area contributed by atoms with Gasteiger partial charge < -0.3 is 10.3 Å². The molecule has 3 nitrogen and oxygen atoms in total. The zero-order chi connectivity index (χ0) is 17.3. The number of benzene rings is 2. The molecule has 0 aliphatic heterocycles. The smallest absolute Gasteiger partial charge is 0.110 e. The maximum absolute atomic E-state index is 5.90. The molecule has 0 aliphatic rings. The van der Waals surface area contributed by atoms with Gasteiger partial charge in [0.25, 0.3) is 0 Å². The Morgan fingerprint density at radius 3 is 2.58 bits per heavy atom. The minimum Gasteiger partial charge on any atom is -0.389 e. The Bertz CT molecular complexity index is 909. The Labute approximate surface area is 148 Å². The minimum absolute atomic E-state index is 0.444. The van der Waals surface area contributed by atoms with E-state index in [2.05, 4.69) is 43.5 Å². The molecule has 0 saturated carbocycles. The van der Waals surface area contributed by atoms with Crippen LogP contribution in [-0.2, 0) is 13.0 Å². The summed E-state index contributed by atoms with van der Waals surface area (Å²) in [6, 6.07) is 12.5. The Morgan fingerprint density at radius 2 is 1.88 bits per heavy atom. The predicted molar refractivity (Wildman–Crippen MR) is 105 cm³/mol. The van der Waals surface area contributed by atoms with Crippen molar-refractivity contribution >= 4 is 28.2 Å². The molecule has 0 aliphatic carbocycles. The lowest BCUT2D eigenvalue weighted by molar-refractivity contribution is 0.721. The molecule has 3 rings (SSSR count). The van der Waals surface area contributed by atoms with Gasteiger partial charge in [-0.1, -0.05) is 43.4 Å². The summed E-state index contributed by atoms with van der Waals surface area (Å²) in [5, 5.41) is 0. The average Bonchev–Trinajstić information content (AvgIpc) is 2.86. The van der Waals surface area contributed by atoms with Crippen LogP contribution in [0, 0.1) is 13.8 Å². The van der Waals surface area contributed by atoms with Gasteiger partial charge in [-0.05, 0) is 49.1 Å². The summed E-state index contributed by atoms with van der Waals surface area (Å²) in [4.78, 5) is 5.32. The first kappa shape index (κ1) is 16.7. The summed E-state index contributed by atoms with van der Waals surface area (Å²) < 4.78 is 2.31. The van der Waals surface area contributed by atoms with Crippen LogP contribution in [0.3, 0.4) is 0 Å². The van der Waals surface area contributed by atoms with E-state index < -0.39 is 0 Å². The molecule has 3 aromatic rings. The van der Waals surface area contributed by atoms with E-state index in [1.165, 1.54) is 16.6 Å². The van der Waals surface area contributed by atoms with E-state index in [-0.39, 0.29) is 0 Å². The van der Waals surface area contributed by atoms with Crippen LogP contribution in [0.4, 0.5) is 0 Å². The van der Waals surface area contributed by atoms with Crippen molar-refractivity contribution in [2.24, 2.45) is 5.73 Å². The van der Waals surface area contributed by atoms with Crippen molar-refractivity contribution in [3.05, 3.63) is 64.5 Å². The van der Waals surface area contributed by atoms with Crippen LogP contribution < -0.4 is 5.73 Å². The first-order valence-electron chi connectivity index (χ1n) is 8.35. The maximum Gasteiger partial charge on any atom is 0.110 e. The topological polar surface area (TPSA) is 43.8 Å². The molecule has 1 aromatic heterocycles. The summed E-state index contributed by atoms with van der Waals surface area (Å²) >= 11 is 5.22. The van der Waals surface area contributed by atoms with Gasteiger partial charge in [-0.15, -0.1) is 0 Å². The highest BCUT2D eigenvalue weighted by molar-refractivity contribution is 7.80. The fraction of sp³-hybridized carbons (Fsp3) is 0.300. The van der Waals surface area contributed by atoms with E-state index in [0.29, 0.717) is 4.99 Å². The van der Waals surface area contributed by atoms with Crippen molar-refractivity contribution < 1.29 is 0 Å². The molecule has 0 radical (unpaired) electrons.